The number of fused-ring (bicyclic) bond motifs is 1. The topological polar surface area (TPSA) is 57.8 Å². The zero-order valence-corrected chi connectivity index (χ0v) is 18.2. The van der Waals surface area contributed by atoms with E-state index < -0.39 is 0 Å². The van der Waals surface area contributed by atoms with Crippen LogP contribution in [0.2, 0.25) is 0 Å². The van der Waals surface area contributed by atoms with Crippen LogP contribution in [-0.4, -0.2) is 22.4 Å². The second-order valence-corrected chi connectivity index (χ2v) is 8.78. The first-order chi connectivity index (χ1) is 16.1. The van der Waals surface area contributed by atoms with Gasteiger partial charge in [-0.15, -0.1) is 0 Å². The molecule has 4 nitrogen and oxygen atoms in total. The van der Waals surface area contributed by atoms with E-state index in [9.17, 15) is 13.6 Å². The summed E-state index contributed by atoms with van der Waals surface area (Å²) < 4.78 is 27.0. The molecule has 5 rings (SSSR count). The van der Waals surface area contributed by atoms with Crippen molar-refractivity contribution in [1.82, 2.24) is 15.3 Å². The first-order valence-electron chi connectivity index (χ1n) is 11.3. The van der Waals surface area contributed by atoms with Gasteiger partial charge in [-0.25, -0.2) is 8.78 Å². The van der Waals surface area contributed by atoms with Crippen LogP contribution in [0.5, 0.6) is 0 Å². The lowest BCUT2D eigenvalue weighted by Crippen LogP contribution is -2.31. The summed E-state index contributed by atoms with van der Waals surface area (Å²) in [5.74, 6) is 0.106. The third-order valence-electron chi connectivity index (χ3n) is 6.72. The smallest absolute Gasteiger partial charge is 0.253 e. The van der Waals surface area contributed by atoms with Crippen LogP contribution in [0.4, 0.5) is 8.78 Å². The predicted molar refractivity (Wildman–Crippen MR) is 125 cm³/mol. The van der Waals surface area contributed by atoms with Crippen LogP contribution >= 0.6 is 0 Å². The highest BCUT2D eigenvalue weighted by Crippen LogP contribution is 2.38. The van der Waals surface area contributed by atoms with Crippen LogP contribution in [-0.2, 0) is 0 Å². The van der Waals surface area contributed by atoms with Crippen molar-refractivity contribution >= 4 is 16.8 Å². The molecule has 0 radical (unpaired) electrons. The van der Waals surface area contributed by atoms with Crippen LogP contribution < -0.4 is 5.32 Å². The molecule has 0 saturated heterocycles. The minimum Gasteiger partial charge on any atom is -0.366 e. The highest BCUT2D eigenvalue weighted by Gasteiger charge is 2.25. The lowest BCUT2D eigenvalue weighted by atomic mass is 9.78. The van der Waals surface area contributed by atoms with Crippen LogP contribution in [0.25, 0.3) is 22.0 Å². The summed E-state index contributed by atoms with van der Waals surface area (Å²) in [4.78, 5) is 20.2. The zero-order valence-electron chi connectivity index (χ0n) is 18.2. The fraction of sp³-hybridized carbons (Fsp3) is 0.259. The molecular weight excluding hydrogens is 420 g/mol. The third kappa shape index (κ3) is 4.51. The number of nitrogens with zero attached hydrogens (tertiary/aromatic N) is 1. The summed E-state index contributed by atoms with van der Waals surface area (Å²) in [6.07, 6.45) is 9.25. The number of pyridine rings is 1. The van der Waals surface area contributed by atoms with Crippen LogP contribution in [0.15, 0.2) is 67.1 Å². The third-order valence-corrected chi connectivity index (χ3v) is 6.72. The SMILES string of the molecule is O=C(NCC1CCC(c2ccnc3ccc(F)cc23)CC1)c1c[nH]cc1-c1ccc(F)cc1. The summed E-state index contributed by atoms with van der Waals surface area (Å²) in [5.41, 5.74) is 4.10. The number of hydrogen-bond donors (Lipinski definition) is 2. The average molecular weight is 446 g/mol. The van der Waals surface area contributed by atoms with Gasteiger partial charge < -0.3 is 10.3 Å². The lowest BCUT2D eigenvalue weighted by Gasteiger charge is -2.29. The second-order valence-electron chi connectivity index (χ2n) is 8.78. The molecule has 2 aromatic carbocycles. The maximum atomic E-state index is 13.8. The standard InChI is InChI=1S/C27H25F2N3O/c28-20-7-5-19(6-8-20)24-15-30-16-25(24)27(33)32-14-17-1-3-18(4-2-17)22-11-12-31-26-10-9-21(29)13-23(22)26/h5-13,15-18,30H,1-4,14H2,(H,32,33). The minimum absolute atomic E-state index is 0.131. The summed E-state index contributed by atoms with van der Waals surface area (Å²) in [5, 5.41) is 3.97. The van der Waals surface area contributed by atoms with Crippen molar-refractivity contribution in [1.29, 1.82) is 0 Å². The van der Waals surface area contributed by atoms with Gasteiger partial charge in [0.15, 0.2) is 0 Å². The Hall–Kier alpha value is -3.54. The molecule has 1 amide bonds. The first-order valence-corrected chi connectivity index (χ1v) is 11.3. The molecule has 0 unspecified atom stereocenters. The molecule has 1 aliphatic carbocycles. The van der Waals surface area contributed by atoms with Gasteiger partial charge in [-0.05, 0) is 85.0 Å². The van der Waals surface area contributed by atoms with E-state index in [2.05, 4.69) is 15.3 Å². The van der Waals surface area contributed by atoms with E-state index in [1.807, 2.05) is 6.07 Å². The van der Waals surface area contributed by atoms with Crippen LogP contribution in [0.3, 0.4) is 0 Å². The summed E-state index contributed by atoms with van der Waals surface area (Å²) in [7, 11) is 0. The number of nitrogens with one attached hydrogen (secondary N) is 2. The molecule has 2 aromatic heterocycles. The monoisotopic (exact) mass is 445 g/mol. The Morgan fingerprint density at radius 1 is 0.970 bits per heavy atom. The Morgan fingerprint density at radius 2 is 1.73 bits per heavy atom. The number of aromatic nitrogens is 2. The number of carbonyl (C=O) groups excluding carboxylic acids is 1. The zero-order chi connectivity index (χ0) is 22.8. The van der Waals surface area contributed by atoms with E-state index in [4.69, 9.17) is 0 Å². The number of hydrogen-bond acceptors (Lipinski definition) is 2. The number of halogens is 2. The molecule has 0 atom stereocenters. The largest absolute Gasteiger partial charge is 0.366 e. The molecule has 0 aliphatic heterocycles. The molecule has 33 heavy (non-hydrogen) atoms. The van der Waals surface area contributed by atoms with Crippen molar-refractivity contribution in [2.75, 3.05) is 6.54 Å². The molecule has 168 valence electrons. The molecule has 6 heteroatoms. The fourth-order valence-corrected chi connectivity index (χ4v) is 4.93. The van der Waals surface area contributed by atoms with E-state index in [-0.39, 0.29) is 17.5 Å². The maximum absolute atomic E-state index is 13.8. The summed E-state index contributed by atoms with van der Waals surface area (Å²) in [6.45, 7) is 0.616. The highest BCUT2D eigenvalue weighted by atomic mass is 19.1. The molecule has 1 fully saturated rings. The van der Waals surface area contributed by atoms with Gasteiger partial charge in [-0.2, -0.15) is 0 Å². The predicted octanol–water partition coefficient (Wildman–Crippen LogP) is 6.21. The Kier molecular flexibility index (Phi) is 5.90. The van der Waals surface area contributed by atoms with Gasteiger partial charge in [0, 0.05) is 36.1 Å². The number of benzene rings is 2. The summed E-state index contributed by atoms with van der Waals surface area (Å²) >= 11 is 0. The van der Waals surface area contributed by atoms with Gasteiger partial charge in [0.1, 0.15) is 11.6 Å². The van der Waals surface area contributed by atoms with E-state index in [1.54, 1.807) is 42.9 Å². The van der Waals surface area contributed by atoms with E-state index in [0.29, 0.717) is 23.9 Å². The van der Waals surface area contributed by atoms with Crippen molar-refractivity contribution in [2.24, 2.45) is 5.92 Å². The second kappa shape index (κ2) is 9.14. The van der Waals surface area contributed by atoms with Gasteiger partial charge in [-0.1, -0.05) is 12.1 Å². The van der Waals surface area contributed by atoms with Gasteiger partial charge in [0.05, 0.1) is 11.1 Å². The van der Waals surface area contributed by atoms with Gasteiger partial charge >= 0.3 is 0 Å². The molecule has 2 heterocycles. The number of carbonyl (C=O) groups is 1. The molecule has 1 saturated carbocycles. The average Bonchev–Trinajstić information content (AvgIpc) is 3.33. The van der Waals surface area contributed by atoms with Gasteiger partial charge in [-0.3, -0.25) is 9.78 Å². The van der Waals surface area contributed by atoms with Crippen molar-refractivity contribution in [3.05, 3.63) is 89.9 Å². The van der Waals surface area contributed by atoms with Crippen molar-refractivity contribution in [2.45, 2.75) is 31.6 Å². The van der Waals surface area contributed by atoms with Gasteiger partial charge in [0.2, 0.25) is 0 Å². The van der Waals surface area contributed by atoms with Crippen molar-refractivity contribution in [3.8, 4) is 11.1 Å². The van der Waals surface area contributed by atoms with E-state index in [0.717, 1.165) is 47.7 Å². The molecule has 0 spiro atoms. The van der Waals surface area contributed by atoms with E-state index in [1.165, 1.54) is 23.8 Å². The summed E-state index contributed by atoms with van der Waals surface area (Å²) in [6, 6.07) is 12.9. The molecule has 1 aliphatic rings. The Morgan fingerprint density at radius 3 is 2.52 bits per heavy atom. The number of amides is 1. The number of rotatable bonds is 5. The first kappa shape index (κ1) is 21.3. The van der Waals surface area contributed by atoms with Gasteiger partial charge in [0.25, 0.3) is 5.91 Å². The molecule has 2 N–H and O–H groups in total. The Bertz CT molecular complexity index is 1270. The number of H-pyrrole nitrogens is 1. The molecule has 0 bridgehead atoms. The highest BCUT2D eigenvalue weighted by molar-refractivity contribution is 6.00. The van der Waals surface area contributed by atoms with Crippen molar-refractivity contribution in [3.63, 3.8) is 0 Å². The van der Waals surface area contributed by atoms with Crippen LogP contribution in [0, 0.1) is 17.6 Å². The normalized spacial score (nSPS) is 18.4. The Balaban J connectivity index is 1.20. The molecule has 4 aromatic rings. The van der Waals surface area contributed by atoms with Crippen molar-refractivity contribution < 1.29 is 13.6 Å². The quantitative estimate of drug-likeness (QED) is 0.384. The Labute approximate surface area is 191 Å². The maximum Gasteiger partial charge on any atom is 0.253 e. The van der Waals surface area contributed by atoms with E-state index >= 15 is 0 Å². The molecular formula is C27H25F2N3O. The van der Waals surface area contributed by atoms with Crippen LogP contribution in [0.1, 0.15) is 47.5 Å². The number of aromatic amines is 1. The fourth-order valence-electron chi connectivity index (χ4n) is 4.93. The minimum atomic E-state index is -0.305. The lowest BCUT2D eigenvalue weighted by molar-refractivity contribution is 0.0943.